The minimum Gasteiger partial charge on any atom is -0.480 e. The van der Waals surface area contributed by atoms with Crippen LogP contribution in [0.5, 0.6) is 5.75 Å². The fraction of sp³-hybridized carbons (Fsp3) is 0.222. The molecule has 5 nitrogen and oxygen atoms in total. The molecule has 2 amide bonds. The molecular weight excluding hydrogens is 328 g/mol. The van der Waals surface area contributed by atoms with Gasteiger partial charge in [0.2, 0.25) is 5.91 Å². The fourth-order valence-corrected chi connectivity index (χ4v) is 2.72. The molecule has 0 saturated carbocycles. The number of carbonyl (C=O) groups excluding carboxylic acids is 2. The van der Waals surface area contributed by atoms with Crippen molar-refractivity contribution in [1.82, 2.24) is 4.90 Å². The van der Waals surface area contributed by atoms with E-state index in [1.165, 1.54) is 4.90 Å². The first-order valence-electron chi connectivity index (χ1n) is 7.58. The van der Waals surface area contributed by atoms with Gasteiger partial charge in [-0.3, -0.25) is 9.59 Å². The Morgan fingerprint density at radius 2 is 1.92 bits per heavy atom. The Balaban J connectivity index is 1.55. The number of hydrogen-bond acceptors (Lipinski definition) is 3. The largest absolute Gasteiger partial charge is 0.480 e. The molecule has 3 rings (SSSR count). The Bertz CT molecular complexity index is 736. The maximum absolute atomic E-state index is 12.4. The molecule has 0 bridgehead atoms. The second kappa shape index (κ2) is 6.93. The van der Waals surface area contributed by atoms with Gasteiger partial charge < -0.3 is 15.0 Å². The maximum atomic E-state index is 12.4. The monoisotopic (exact) mass is 344 g/mol. The number of nitrogens with one attached hydrogen (secondary N) is 1. The number of para-hydroxylation sites is 1. The van der Waals surface area contributed by atoms with Crippen LogP contribution in [0.1, 0.15) is 5.56 Å². The molecule has 2 aromatic rings. The first-order chi connectivity index (χ1) is 11.5. The lowest BCUT2D eigenvalue weighted by molar-refractivity contribution is -0.139. The van der Waals surface area contributed by atoms with Crippen molar-refractivity contribution in [3.05, 3.63) is 59.1 Å². The summed E-state index contributed by atoms with van der Waals surface area (Å²) in [6, 6.07) is 14.4. The molecule has 0 aromatic heterocycles. The summed E-state index contributed by atoms with van der Waals surface area (Å²) < 4.78 is 5.67. The summed E-state index contributed by atoms with van der Waals surface area (Å²) in [5, 5.41) is 3.33. The van der Waals surface area contributed by atoms with Crippen molar-refractivity contribution >= 4 is 29.1 Å². The third-order valence-electron chi connectivity index (χ3n) is 3.81. The van der Waals surface area contributed by atoms with E-state index in [1.807, 2.05) is 24.3 Å². The Hall–Kier alpha value is -2.53. The van der Waals surface area contributed by atoms with Crippen LogP contribution in [0, 0.1) is 0 Å². The highest BCUT2D eigenvalue weighted by Gasteiger charge is 2.31. The number of hydrogen-bond donors (Lipinski definition) is 1. The van der Waals surface area contributed by atoms with Gasteiger partial charge in [0.15, 0.2) is 6.10 Å². The van der Waals surface area contributed by atoms with Gasteiger partial charge in [-0.05, 0) is 35.9 Å². The third kappa shape index (κ3) is 3.68. The molecule has 124 valence electrons. The summed E-state index contributed by atoms with van der Waals surface area (Å²) in [5.41, 5.74) is 1.64. The molecule has 0 fully saturated rings. The highest BCUT2D eigenvalue weighted by molar-refractivity contribution is 6.30. The molecule has 0 radical (unpaired) electrons. The Morgan fingerprint density at radius 1 is 1.21 bits per heavy atom. The average Bonchev–Trinajstić information content (AvgIpc) is 3.00. The van der Waals surface area contributed by atoms with Crippen molar-refractivity contribution in [3.63, 3.8) is 0 Å². The summed E-state index contributed by atoms with van der Waals surface area (Å²) >= 11 is 5.81. The predicted molar refractivity (Wildman–Crippen MR) is 92.3 cm³/mol. The molecular formula is C18H17ClN2O3. The molecule has 1 heterocycles. The van der Waals surface area contributed by atoms with Crippen molar-refractivity contribution < 1.29 is 14.3 Å². The topological polar surface area (TPSA) is 58.6 Å². The van der Waals surface area contributed by atoms with Gasteiger partial charge in [0.25, 0.3) is 5.91 Å². The number of fused-ring (bicyclic) bond motifs is 1. The van der Waals surface area contributed by atoms with Gasteiger partial charge in [0, 0.05) is 24.2 Å². The minimum atomic E-state index is -0.573. The Labute approximate surface area is 145 Å². The van der Waals surface area contributed by atoms with Crippen LogP contribution in [0.25, 0.3) is 0 Å². The van der Waals surface area contributed by atoms with E-state index in [0.29, 0.717) is 17.1 Å². The van der Waals surface area contributed by atoms with Crippen molar-refractivity contribution in [3.8, 4) is 5.75 Å². The van der Waals surface area contributed by atoms with E-state index >= 15 is 0 Å². The second-order valence-corrected chi connectivity index (χ2v) is 6.10. The summed E-state index contributed by atoms with van der Waals surface area (Å²) in [6.45, 7) is -0.0440. The van der Waals surface area contributed by atoms with Crippen LogP contribution in [0.15, 0.2) is 48.5 Å². The SMILES string of the molecule is CN(CC(=O)Nc1ccc(Cl)cc1)C(=O)[C@H]1Cc2ccccc2O1. The highest BCUT2D eigenvalue weighted by atomic mass is 35.5. The van der Waals surface area contributed by atoms with E-state index in [2.05, 4.69) is 5.32 Å². The first kappa shape index (κ1) is 16.3. The van der Waals surface area contributed by atoms with E-state index in [-0.39, 0.29) is 18.4 Å². The zero-order valence-corrected chi connectivity index (χ0v) is 13.9. The zero-order valence-electron chi connectivity index (χ0n) is 13.2. The van der Waals surface area contributed by atoms with Crippen LogP contribution in [0.4, 0.5) is 5.69 Å². The van der Waals surface area contributed by atoms with Crippen molar-refractivity contribution in [2.75, 3.05) is 18.9 Å². The summed E-state index contributed by atoms with van der Waals surface area (Å²) in [6.07, 6.45) is -0.0475. The van der Waals surface area contributed by atoms with Crippen LogP contribution in [0.2, 0.25) is 5.02 Å². The number of anilines is 1. The van der Waals surface area contributed by atoms with Crippen LogP contribution in [-0.2, 0) is 16.0 Å². The first-order valence-corrected chi connectivity index (χ1v) is 7.95. The maximum Gasteiger partial charge on any atom is 0.264 e. The number of carbonyl (C=O) groups is 2. The molecule has 0 spiro atoms. The number of halogens is 1. The van der Waals surface area contributed by atoms with Crippen molar-refractivity contribution in [1.29, 1.82) is 0 Å². The molecule has 2 aromatic carbocycles. The van der Waals surface area contributed by atoms with Gasteiger partial charge in [-0.2, -0.15) is 0 Å². The lowest BCUT2D eigenvalue weighted by atomic mass is 10.1. The van der Waals surface area contributed by atoms with Crippen molar-refractivity contribution in [2.45, 2.75) is 12.5 Å². The lowest BCUT2D eigenvalue weighted by Crippen LogP contribution is -2.42. The molecule has 0 aliphatic carbocycles. The normalized spacial score (nSPS) is 15.3. The van der Waals surface area contributed by atoms with Gasteiger partial charge in [0.05, 0.1) is 6.54 Å². The third-order valence-corrected chi connectivity index (χ3v) is 4.06. The van der Waals surface area contributed by atoms with Gasteiger partial charge in [-0.1, -0.05) is 29.8 Å². The van der Waals surface area contributed by atoms with Gasteiger partial charge >= 0.3 is 0 Å². The molecule has 24 heavy (non-hydrogen) atoms. The van der Waals surface area contributed by atoms with E-state index in [4.69, 9.17) is 16.3 Å². The number of rotatable bonds is 4. The molecule has 1 aliphatic rings. The molecule has 0 saturated heterocycles. The Kier molecular flexibility index (Phi) is 4.71. The number of amides is 2. The summed E-state index contributed by atoms with van der Waals surface area (Å²) in [7, 11) is 1.59. The molecule has 1 N–H and O–H groups in total. The van der Waals surface area contributed by atoms with Gasteiger partial charge in [-0.15, -0.1) is 0 Å². The summed E-state index contributed by atoms with van der Waals surface area (Å²) in [5.74, 6) is 0.246. The molecule has 6 heteroatoms. The number of likely N-dealkylation sites (N-methyl/N-ethyl adjacent to an activating group) is 1. The lowest BCUT2D eigenvalue weighted by Gasteiger charge is -2.20. The van der Waals surface area contributed by atoms with Crippen LogP contribution in [-0.4, -0.2) is 36.4 Å². The van der Waals surface area contributed by atoms with Gasteiger partial charge in [0.1, 0.15) is 5.75 Å². The van der Waals surface area contributed by atoms with Crippen LogP contribution in [0.3, 0.4) is 0 Å². The van der Waals surface area contributed by atoms with Gasteiger partial charge in [-0.25, -0.2) is 0 Å². The fourth-order valence-electron chi connectivity index (χ4n) is 2.59. The molecule has 0 unspecified atom stereocenters. The van der Waals surface area contributed by atoms with E-state index < -0.39 is 6.10 Å². The zero-order chi connectivity index (χ0) is 17.1. The van der Waals surface area contributed by atoms with E-state index in [9.17, 15) is 9.59 Å². The molecule has 1 atom stereocenters. The van der Waals surface area contributed by atoms with Crippen LogP contribution < -0.4 is 10.1 Å². The quantitative estimate of drug-likeness (QED) is 0.927. The van der Waals surface area contributed by atoms with Crippen LogP contribution >= 0.6 is 11.6 Å². The smallest absolute Gasteiger partial charge is 0.264 e. The van der Waals surface area contributed by atoms with E-state index in [1.54, 1.807) is 31.3 Å². The number of ether oxygens (including phenoxy) is 1. The average molecular weight is 345 g/mol. The van der Waals surface area contributed by atoms with Crippen molar-refractivity contribution in [2.24, 2.45) is 0 Å². The number of nitrogens with zero attached hydrogens (tertiary/aromatic N) is 1. The number of benzene rings is 2. The van der Waals surface area contributed by atoms with E-state index in [0.717, 1.165) is 11.3 Å². The highest BCUT2D eigenvalue weighted by Crippen LogP contribution is 2.28. The Morgan fingerprint density at radius 3 is 2.62 bits per heavy atom. The minimum absolute atomic E-state index is 0.0440. The predicted octanol–water partition coefficient (Wildman–Crippen LogP) is 2.74. The summed E-state index contributed by atoms with van der Waals surface area (Å²) in [4.78, 5) is 25.9. The molecule has 1 aliphatic heterocycles. The second-order valence-electron chi connectivity index (χ2n) is 5.67. The standard InChI is InChI=1S/C18H17ClN2O3/c1-21(11-17(22)20-14-8-6-13(19)7-9-14)18(23)16-10-12-4-2-3-5-15(12)24-16/h2-9,16H,10-11H2,1H3,(H,20,22)/t16-/m1/s1.